The zero-order valence-electron chi connectivity index (χ0n) is 11.3. The van der Waals surface area contributed by atoms with Crippen LogP contribution in [0.3, 0.4) is 0 Å². The van der Waals surface area contributed by atoms with E-state index >= 15 is 0 Å². The third-order valence-electron chi connectivity index (χ3n) is 3.22. The number of hydrogen-bond acceptors (Lipinski definition) is 4. The fourth-order valence-corrected chi connectivity index (χ4v) is 2.17. The molecule has 0 fully saturated rings. The number of nitrogens with zero attached hydrogens (tertiary/aromatic N) is 2. The van der Waals surface area contributed by atoms with Gasteiger partial charge in [0, 0.05) is 30.9 Å². The van der Waals surface area contributed by atoms with E-state index in [9.17, 15) is 4.79 Å². The Labute approximate surface area is 115 Å². The molecule has 0 spiro atoms. The van der Waals surface area contributed by atoms with Crippen LogP contribution >= 0.6 is 0 Å². The van der Waals surface area contributed by atoms with Crippen molar-refractivity contribution >= 4 is 17.1 Å². The lowest BCUT2D eigenvalue weighted by atomic mass is 10.4. The molecule has 20 heavy (non-hydrogen) atoms. The number of aryl methyl sites for hydroxylation is 1. The minimum Gasteiger partial charge on any atom is -0.463 e. The molecule has 1 unspecified atom stereocenters. The summed E-state index contributed by atoms with van der Waals surface area (Å²) in [6.07, 6.45) is 5.37. The number of fused-ring (bicyclic) bond motifs is 1. The largest absolute Gasteiger partial charge is 0.463 e. The molecule has 0 amide bonds. The molecule has 6 nitrogen and oxygen atoms in total. The molecule has 0 radical (unpaired) electrons. The van der Waals surface area contributed by atoms with Crippen molar-refractivity contribution in [3.63, 3.8) is 0 Å². The second kappa shape index (κ2) is 4.88. The highest BCUT2D eigenvalue weighted by atomic mass is 16.6. The minimum atomic E-state index is -0.406. The predicted octanol–water partition coefficient (Wildman–Crippen LogP) is 3.03. The molecule has 3 aromatic rings. The average molecular weight is 273 g/mol. The molecular formula is C14H15N3O3. The van der Waals surface area contributed by atoms with Crippen LogP contribution in [0.2, 0.25) is 0 Å². The smallest absolute Gasteiger partial charge is 0.356 e. The summed E-state index contributed by atoms with van der Waals surface area (Å²) in [6, 6.07) is 3.41. The minimum absolute atomic E-state index is 0.361. The number of ether oxygens (including phenoxy) is 1. The van der Waals surface area contributed by atoms with Gasteiger partial charge in [0.05, 0.1) is 11.8 Å². The number of hydrogen-bond donors (Lipinski definition) is 1. The Morgan fingerprint density at radius 1 is 1.60 bits per heavy atom. The zero-order valence-corrected chi connectivity index (χ0v) is 11.3. The molecule has 3 rings (SSSR count). The number of carbonyl (C=O) groups excluding carboxylic acids is 1. The quantitative estimate of drug-likeness (QED) is 0.741. The second-order valence-electron chi connectivity index (χ2n) is 4.53. The van der Waals surface area contributed by atoms with E-state index in [0.29, 0.717) is 17.7 Å². The van der Waals surface area contributed by atoms with Crippen molar-refractivity contribution < 1.29 is 13.9 Å². The maximum Gasteiger partial charge on any atom is 0.356 e. The molecule has 1 N–H and O–H groups in total. The molecule has 0 aliphatic rings. The molecule has 6 heteroatoms. The molecule has 1 atom stereocenters. The van der Waals surface area contributed by atoms with Crippen molar-refractivity contribution in [3.05, 3.63) is 42.3 Å². The van der Waals surface area contributed by atoms with E-state index in [4.69, 9.17) is 9.15 Å². The molecule has 0 saturated carbocycles. The van der Waals surface area contributed by atoms with E-state index in [1.807, 2.05) is 18.4 Å². The van der Waals surface area contributed by atoms with E-state index in [0.717, 1.165) is 11.3 Å². The van der Waals surface area contributed by atoms with Gasteiger partial charge in [-0.1, -0.05) is 6.92 Å². The SMILES string of the molecule is CCC(OC(=O)c1cc2occc2[nH]1)n1ccnc1C. The first-order valence-corrected chi connectivity index (χ1v) is 6.45. The van der Waals surface area contributed by atoms with Gasteiger partial charge < -0.3 is 14.1 Å². The molecular weight excluding hydrogens is 258 g/mol. The van der Waals surface area contributed by atoms with Crippen molar-refractivity contribution in [1.82, 2.24) is 14.5 Å². The highest BCUT2D eigenvalue weighted by Gasteiger charge is 2.19. The highest BCUT2D eigenvalue weighted by molar-refractivity contribution is 5.93. The Morgan fingerprint density at radius 2 is 2.45 bits per heavy atom. The summed E-state index contributed by atoms with van der Waals surface area (Å²) in [5.74, 6) is 0.404. The number of carbonyl (C=O) groups is 1. The summed E-state index contributed by atoms with van der Waals surface area (Å²) in [5, 5.41) is 0. The number of aromatic amines is 1. The third kappa shape index (κ3) is 2.09. The highest BCUT2D eigenvalue weighted by Crippen LogP contribution is 2.20. The molecule has 0 aliphatic heterocycles. The van der Waals surface area contributed by atoms with Crippen LogP contribution in [0.1, 0.15) is 35.9 Å². The summed E-state index contributed by atoms with van der Waals surface area (Å²) in [5.41, 5.74) is 1.81. The third-order valence-corrected chi connectivity index (χ3v) is 3.22. The molecule has 104 valence electrons. The summed E-state index contributed by atoms with van der Waals surface area (Å²) in [6.45, 7) is 3.83. The monoisotopic (exact) mass is 273 g/mol. The molecule has 0 bridgehead atoms. The van der Waals surface area contributed by atoms with Crippen LogP contribution < -0.4 is 0 Å². The summed E-state index contributed by atoms with van der Waals surface area (Å²) in [7, 11) is 0. The lowest BCUT2D eigenvalue weighted by Gasteiger charge is -2.18. The molecule has 0 aliphatic carbocycles. The molecule has 3 aromatic heterocycles. The first kappa shape index (κ1) is 12.5. The van der Waals surface area contributed by atoms with Crippen LogP contribution in [0.4, 0.5) is 0 Å². The Balaban J connectivity index is 1.80. The fourth-order valence-electron chi connectivity index (χ4n) is 2.17. The van der Waals surface area contributed by atoms with Gasteiger partial charge in [-0.15, -0.1) is 0 Å². The van der Waals surface area contributed by atoms with Gasteiger partial charge in [-0.3, -0.25) is 4.57 Å². The van der Waals surface area contributed by atoms with E-state index < -0.39 is 5.97 Å². The molecule has 0 saturated heterocycles. The van der Waals surface area contributed by atoms with Crippen molar-refractivity contribution in [2.45, 2.75) is 26.5 Å². The number of esters is 1. The summed E-state index contributed by atoms with van der Waals surface area (Å²) in [4.78, 5) is 19.3. The van der Waals surface area contributed by atoms with Crippen LogP contribution in [0, 0.1) is 6.92 Å². The van der Waals surface area contributed by atoms with Crippen molar-refractivity contribution in [2.24, 2.45) is 0 Å². The van der Waals surface area contributed by atoms with Gasteiger partial charge in [0.2, 0.25) is 0 Å². The standard InChI is InChI=1S/C14H15N3O3/c1-3-13(17-6-5-15-9(17)2)20-14(18)11-8-12-10(16-11)4-7-19-12/h4-8,13,16H,3H2,1-2H3. The zero-order chi connectivity index (χ0) is 14.1. The maximum atomic E-state index is 12.2. The Hall–Kier alpha value is -2.50. The van der Waals surface area contributed by atoms with Gasteiger partial charge in [0.15, 0.2) is 11.8 Å². The van der Waals surface area contributed by atoms with Crippen LogP contribution in [0.25, 0.3) is 11.1 Å². The Bertz CT molecular complexity index is 709. The van der Waals surface area contributed by atoms with Gasteiger partial charge in [0.25, 0.3) is 0 Å². The van der Waals surface area contributed by atoms with Crippen LogP contribution in [-0.2, 0) is 4.74 Å². The topological polar surface area (TPSA) is 73.0 Å². The van der Waals surface area contributed by atoms with E-state index in [1.54, 1.807) is 30.8 Å². The number of H-pyrrole nitrogens is 1. The molecule has 3 heterocycles. The van der Waals surface area contributed by atoms with Gasteiger partial charge in [0.1, 0.15) is 11.5 Å². The summed E-state index contributed by atoms with van der Waals surface area (Å²) >= 11 is 0. The number of rotatable bonds is 4. The van der Waals surface area contributed by atoms with Gasteiger partial charge in [-0.05, 0) is 6.92 Å². The molecule has 0 aromatic carbocycles. The van der Waals surface area contributed by atoms with E-state index in [2.05, 4.69) is 9.97 Å². The van der Waals surface area contributed by atoms with Gasteiger partial charge in [-0.25, -0.2) is 9.78 Å². The first-order valence-electron chi connectivity index (χ1n) is 6.45. The predicted molar refractivity (Wildman–Crippen MR) is 72.3 cm³/mol. The van der Waals surface area contributed by atoms with Gasteiger partial charge in [-0.2, -0.15) is 0 Å². The first-order chi connectivity index (χ1) is 9.69. The summed E-state index contributed by atoms with van der Waals surface area (Å²) < 4.78 is 12.6. The van der Waals surface area contributed by atoms with Crippen LogP contribution in [0.5, 0.6) is 0 Å². The average Bonchev–Trinajstić information content (AvgIpc) is 3.10. The van der Waals surface area contributed by atoms with Crippen molar-refractivity contribution in [3.8, 4) is 0 Å². The number of imidazole rings is 1. The Morgan fingerprint density at radius 3 is 3.10 bits per heavy atom. The van der Waals surface area contributed by atoms with Crippen molar-refractivity contribution in [1.29, 1.82) is 0 Å². The lowest BCUT2D eigenvalue weighted by Crippen LogP contribution is -2.17. The number of furan rings is 1. The Kier molecular flexibility index (Phi) is 3.06. The number of nitrogens with one attached hydrogen (secondary N) is 1. The maximum absolute atomic E-state index is 12.2. The van der Waals surface area contributed by atoms with Crippen LogP contribution in [-0.4, -0.2) is 20.5 Å². The van der Waals surface area contributed by atoms with Gasteiger partial charge >= 0.3 is 5.97 Å². The van der Waals surface area contributed by atoms with Crippen LogP contribution in [0.15, 0.2) is 35.2 Å². The fraction of sp³-hybridized carbons (Fsp3) is 0.286. The normalized spacial score (nSPS) is 12.7. The second-order valence-corrected chi connectivity index (χ2v) is 4.53. The van der Waals surface area contributed by atoms with E-state index in [1.165, 1.54) is 0 Å². The van der Waals surface area contributed by atoms with Crippen molar-refractivity contribution in [2.75, 3.05) is 0 Å². The lowest BCUT2D eigenvalue weighted by molar-refractivity contribution is 0.00661. The number of aromatic nitrogens is 3. The van der Waals surface area contributed by atoms with E-state index in [-0.39, 0.29) is 6.23 Å².